The molecule has 0 aliphatic carbocycles. The summed E-state index contributed by atoms with van der Waals surface area (Å²) >= 11 is 0. The molecule has 118 valence electrons. The molecule has 2 rings (SSSR count). The lowest BCUT2D eigenvalue weighted by Crippen LogP contribution is -2.11. The van der Waals surface area contributed by atoms with Gasteiger partial charge in [-0.05, 0) is 24.3 Å². The summed E-state index contributed by atoms with van der Waals surface area (Å²) in [6.07, 6.45) is -8.61. The van der Waals surface area contributed by atoms with Crippen LogP contribution >= 0.6 is 0 Å². The molecule has 0 fully saturated rings. The predicted octanol–water partition coefficient (Wildman–Crippen LogP) is 3.64. The third-order valence-corrected chi connectivity index (χ3v) is 2.77. The molecule has 1 aromatic carbocycles. The molecule has 0 aliphatic rings. The van der Waals surface area contributed by atoms with Crippen LogP contribution in [0.4, 0.5) is 26.3 Å². The molecule has 2 aromatic rings. The second-order valence-electron chi connectivity index (χ2n) is 4.37. The molecule has 0 aliphatic heterocycles. The van der Waals surface area contributed by atoms with Crippen LogP contribution in [0.5, 0.6) is 0 Å². The molecule has 0 radical (unpaired) electrons. The summed E-state index contributed by atoms with van der Waals surface area (Å²) in [5, 5.41) is 0. The Morgan fingerprint density at radius 1 is 0.909 bits per heavy atom. The fourth-order valence-electron chi connectivity index (χ4n) is 1.73. The predicted molar refractivity (Wildman–Crippen MR) is 65.4 cm³/mol. The van der Waals surface area contributed by atoms with Crippen molar-refractivity contribution >= 4 is 0 Å². The SMILES string of the molecule is NCc1ccnc(-c2cc(C(F)(F)F)cc(C(F)(F)F)c2)n1. The molecular formula is C13H9F6N3. The Hall–Kier alpha value is -2.16. The molecule has 2 N–H and O–H groups in total. The van der Waals surface area contributed by atoms with E-state index in [0.29, 0.717) is 17.8 Å². The molecule has 0 unspecified atom stereocenters. The number of aromatic nitrogens is 2. The molecule has 22 heavy (non-hydrogen) atoms. The zero-order valence-corrected chi connectivity index (χ0v) is 10.8. The van der Waals surface area contributed by atoms with Gasteiger partial charge in [0.2, 0.25) is 0 Å². The Kier molecular flexibility index (Phi) is 4.10. The molecule has 0 bridgehead atoms. The van der Waals surface area contributed by atoms with Crippen molar-refractivity contribution in [3.05, 3.63) is 47.3 Å². The number of halogens is 6. The molecule has 0 amide bonds. The maximum Gasteiger partial charge on any atom is 0.416 e. The summed E-state index contributed by atoms with van der Waals surface area (Å²) in [6.45, 7) is -0.0133. The highest BCUT2D eigenvalue weighted by Crippen LogP contribution is 2.37. The molecule has 1 heterocycles. The van der Waals surface area contributed by atoms with Crippen molar-refractivity contribution in [3.63, 3.8) is 0 Å². The quantitative estimate of drug-likeness (QED) is 0.859. The zero-order valence-electron chi connectivity index (χ0n) is 10.8. The van der Waals surface area contributed by atoms with Crippen LogP contribution in [0.25, 0.3) is 11.4 Å². The first-order valence-corrected chi connectivity index (χ1v) is 5.93. The molecular weight excluding hydrogens is 312 g/mol. The number of nitrogens with two attached hydrogens (primary N) is 1. The minimum atomic E-state index is -4.92. The van der Waals surface area contributed by atoms with Crippen LogP contribution in [-0.4, -0.2) is 9.97 Å². The van der Waals surface area contributed by atoms with Crippen molar-refractivity contribution in [1.29, 1.82) is 0 Å². The van der Waals surface area contributed by atoms with Crippen LogP contribution in [0.1, 0.15) is 16.8 Å². The molecule has 9 heteroatoms. The summed E-state index contributed by atoms with van der Waals surface area (Å²) in [5.74, 6) is -0.250. The minimum absolute atomic E-state index is 0.0133. The van der Waals surface area contributed by atoms with Gasteiger partial charge >= 0.3 is 12.4 Å². The van der Waals surface area contributed by atoms with E-state index in [9.17, 15) is 26.3 Å². The summed E-state index contributed by atoms with van der Waals surface area (Å²) in [4.78, 5) is 7.54. The van der Waals surface area contributed by atoms with Crippen LogP contribution in [0.15, 0.2) is 30.5 Å². The number of alkyl halides is 6. The normalized spacial score (nSPS) is 12.5. The first-order valence-electron chi connectivity index (χ1n) is 5.93. The van der Waals surface area contributed by atoms with Gasteiger partial charge in [-0.1, -0.05) is 0 Å². The van der Waals surface area contributed by atoms with E-state index in [4.69, 9.17) is 5.73 Å². The lowest BCUT2D eigenvalue weighted by Gasteiger charge is -2.13. The van der Waals surface area contributed by atoms with Crippen molar-refractivity contribution in [2.24, 2.45) is 5.73 Å². The number of benzene rings is 1. The van der Waals surface area contributed by atoms with E-state index in [2.05, 4.69) is 9.97 Å². The topological polar surface area (TPSA) is 51.8 Å². The molecule has 0 atom stereocenters. The van der Waals surface area contributed by atoms with Gasteiger partial charge in [-0.25, -0.2) is 9.97 Å². The van der Waals surface area contributed by atoms with Crippen molar-refractivity contribution in [3.8, 4) is 11.4 Å². The average molecular weight is 321 g/mol. The van der Waals surface area contributed by atoms with Gasteiger partial charge in [0.25, 0.3) is 0 Å². The third-order valence-electron chi connectivity index (χ3n) is 2.77. The lowest BCUT2D eigenvalue weighted by atomic mass is 10.0. The number of nitrogens with zero attached hydrogens (tertiary/aromatic N) is 2. The molecule has 3 nitrogen and oxygen atoms in total. The second-order valence-corrected chi connectivity index (χ2v) is 4.37. The molecule has 0 spiro atoms. The highest BCUT2D eigenvalue weighted by molar-refractivity contribution is 5.58. The van der Waals surface area contributed by atoms with Crippen LogP contribution in [-0.2, 0) is 18.9 Å². The van der Waals surface area contributed by atoms with Crippen molar-refractivity contribution in [2.75, 3.05) is 0 Å². The summed E-state index contributed by atoms with van der Waals surface area (Å²) in [6, 6.07) is 2.62. The number of hydrogen-bond donors (Lipinski definition) is 1. The monoisotopic (exact) mass is 321 g/mol. The van der Waals surface area contributed by atoms with Gasteiger partial charge < -0.3 is 5.73 Å². The van der Waals surface area contributed by atoms with E-state index in [1.54, 1.807) is 0 Å². The van der Waals surface area contributed by atoms with Gasteiger partial charge in [-0.15, -0.1) is 0 Å². The summed E-state index contributed by atoms with van der Waals surface area (Å²) in [5.41, 5.74) is 2.43. The number of rotatable bonds is 2. The van der Waals surface area contributed by atoms with E-state index in [1.807, 2.05) is 0 Å². The van der Waals surface area contributed by atoms with Gasteiger partial charge in [0.15, 0.2) is 5.82 Å². The minimum Gasteiger partial charge on any atom is -0.325 e. The highest BCUT2D eigenvalue weighted by Gasteiger charge is 2.37. The first kappa shape index (κ1) is 16.2. The maximum absolute atomic E-state index is 12.8. The average Bonchev–Trinajstić information content (AvgIpc) is 2.45. The molecule has 0 saturated carbocycles. The smallest absolute Gasteiger partial charge is 0.325 e. The van der Waals surface area contributed by atoms with E-state index >= 15 is 0 Å². The van der Waals surface area contributed by atoms with Gasteiger partial charge in [0.1, 0.15) is 0 Å². The standard InChI is InChI=1S/C13H9F6N3/c14-12(15,16)8-3-7(4-9(5-8)13(17,18)19)11-21-2-1-10(6-20)22-11/h1-5H,6,20H2. The van der Waals surface area contributed by atoms with E-state index < -0.39 is 23.5 Å². The van der Waals surface area contributed by atoms with Gasteiger partial charge in [0, 0.05) is 18.3 Å². The van der Waals surface area contributed by atoms with E-state index in [0.717, 1.165) is 0 Å². The van der Waals surface area contributed by atoms with Gasteiger partial charge in [0.05, 0.1) is 16.8 Å². The van der Waals surface area contributed by atoms with E-state index in [1.165, 1.54) is 12.3 Å². The van der Waals surface area contributed by atoms with Gasteiger partial charge in [-0.3, -0.25) is 0 Å². The van der Waals surface area contributed by atoms with Crippen LogP contribution in [0, 0.1) is 0 Å². The first-order chi connectivity index (χ1) is 10.1. The molecule has 0 saturated heterocycles. The summed E-state index contributed by atoms with van der Waals surface area (Å²) < 4.78 is 76.6. The maximum atomic E-state index is 12.8. The Morgan fingerprint density at radius 3 is 1.91 bits per heavy atom. The Labute approximate surface area is 120 Å². The fourth-order valence-corrected chi connectivity index (χ4v) is 1.73. The largest absolute Gasteiger partial charge is 0.416 e. The van der Waals surface area contributed by atoms with Crippen molar-refractivity contribution in [1.82, 2.24) is 9.97 Å². The summed E-state index contributed by atoms with van der Waals surface area (Å²) in [7, 11) is 0. The molecule has 1 aromatic heterocycles. The fraction of sp³-hybridized carbons (Fsp3) is 0.231. The zero-order chi connectivity index (χ0) is 16.5. The van der Waals surface area contributed by atoms with Crippen LogP contribution in [0.3, 0.4) is 0 Å². The van der Waals surface area contributed by atoms with Crippen molar-refractivity contribution in [2.45, 2.75) is 18.9 Å². The van der Waals surface area contributed by atoms with Crippen LogP contribution < -0.4 is 5.73 Å². The van der Waals surface area contributed by atoms with Crippen molar-refractivity contribution < 1.29 is 26.3 Å². The highest BCUT2D eigenvalue weighted by atomic mass is 19.4. The lowest BCUT2D eigenvalue weighted by molar-refractivity contribution is -0.143. The van der Waals surface area contributed by atoms with Gasteiger partial charge in [-0.2, -0.15) is 26.3 Å². The Balaban J connectivity index is 2.64. The third kappa shape index (κ3) is 3.53. The van der Waals surface area contributed by atoms with Crippen LogP contribution in [0.2, 0.25) is 0 Å². The Bertz CT molecular complexity index is 646. The number of hydrogen-bond acceptors (Lipinski definition) is 3. The Morgan fingerprint density at radius 2 is 1.45 bits per heavy atom. The second kappa shape index (κ2) is 5.56. The van der Waals surface area contributed by atoms with E-state index in [-0.39, 0.29) is 24.0 Å².